The molecule has 2 N–H and O–H groups in total. The molecule has 0 aliphatic carbocycles. The van der Waals surface area contributed by atoms with E-state index in [2.05, 4.69) is 5.32 Å². The van der Waals surface area contributed by atoms with Crippen LogP contribution in [0.3, 0.4) is 0 Å². The molecule has 0 bridgehead atoms. The molecule has 8 heteroatoms. The summed E-state index contributed by atoms with van der Waals surface area (Å²) in [5.41, 5.74) is -0.891. The molecule has 1 atom stereocenters. The van der Waals surface area contributed by atoms with Gasteiger partial charge in [-0.2, -0.15) is 13.2 Å². The van der Waals surface area contributed by atoms with Crippen LogP contribution in [0.15, 0.2) is 18.2 Å². The Hall–Kier alpha value is -1.96. The molecule has 1 aromatic rings. The number of nitrogens with zero attached hydrogens (tertiary/aromatic N) is 1. The van der Waals surface area contributed by atoms with Crippen molar-refractivity contribution in [3.8, 4) is 5.75 Å². The predicted molar refractivity (Wildman–Crippen MR) is 78.4 cm³/mol. The molecule has 1 fully saturated rings. The number of anilines is 1. The highest BCUT2D eigenvalue weighted by Crippen LogP contribution is 2.35. The number of aliphatic hydroxyl groups excluding tert-OH is 1. The third-order valence-electron chi connectivity index (χ3n) is 3.46. The summed E-state index contributed by atoms with van der Waals surface area (Å²) >= 11 is 0. The van der Waals surface area contributed by atoms with Gasteiger partial charge in [-0.25, -0.2) is 4.79 Å². The highest BCUT2D eigenvalue weighted by atomic mass is 19.4. The van der Waals surface area contributed by atoms with E-state index >= 15 is 0 Å². The lowest BCUT2D eigenvalue weighted by Gasteiger charge is -2.19. The summed E-state index contributed by atoms with van der Waals surface area (Å²) < 4.78 is 43.9. The molecule has 0 saturated carbocycles. The van der Waals surface area contributed by atoms with E-state index in [4.69, 9.17) is 4.74 Å². The Kier molecular flexibility index (Phi) is 5.35. The molecule has 1 aliphatic heterocycles. The Morgan fingerprint density at radius 1 is 1.48 bits per heavy atom. The molecule has 1 saturated heterocycles. The number of amides is 2. The first kappa shape index (κ1) is 17.4. The van der Waals surface area contributed by atoms with Crippen LogP contribution in [0, 0.1) is 0 Å². The molecule has 0 radical (unpaired) electrons. The summed E-state index contributed by atoms with van der Waals surface area (Å²) in [6.45, 7) is 2.72. The van der Waals surface area contributed by atoms with Crippen molar-refractivity contribution in [2.24, 2.45) is 0 Å². The van der Waals surface area contributed by atoms with Crippen molar-refractivity contribution in [1.82, 2.24) is 4.90 Å². The molecule has 1 aliphatic rings. The van der Waals surface area contributed by atoms with Crippen LogP contribution in [-0.2, 0) is 6.18 Å². The fourth-order valence-electron chi connectivity index (χ4n) is 2.26. The van der Waals surface area contributed by atoms with Crippen LogP contribution >= 0.6 is 0 Å². The molecule has 23 heavy (non-hydrogen) atoms. The van der Waals surface area contributed by atoms with E-state index in [9.17, 15) is 23.1 Å². The summed E-state index contributed by atoms with van der Waals surface area (Å²) in [5.74, 6) is 0.188. The second kappa shape index (κ2) is 7.08. The number of β-amino-alcohol motifs (C(OH)–C–C–N with tert-alkyl or cyclic N) is 1. The van der Waals surface area contributed by atoms with Crippen molar-refractivity contribution in [3.05, 3.63) is 23.8 Å². The first-order chi connectivity index (χ1) is 10.8. The van der Waals surface area contributed by atoms with Gasteiger partial charge in [0.15, 0.2) is 0 Å². The van der Waals surface area contributed by atoms with Crippen LogP contribution in [0.5, 0.6) is 5.75 Å². The zero-order chi connectivity index (χ0) is 17.0. The third-order valence-corrected chi connectivity index (χ3v) is 3.46. The van der Waals surface area contributed by atoms with E-state index in [0.717, 1.165) is 12.1 Å². The average molecular weight is 332 g/mol. The molecule has 0 aromatic heterocycles. The number of carbonyl (C=O) groups excluding carboxylic acids is 1. The molecule has 1 heterocycles. The number of ether oxygens (including phenoxy) is 1. The Morgan fingerprint density at radius 3 is 2.78 bits per heavy atom. The topological polar surface area (TPSA) is 61.8 Å². The van der Waals surface area contributed by atoms with Crippen molar-refractivity contribution in [2.45, 2.75) is 32.0 Å². The minimum Gasteiger partial charge on any atom is -0.491 e. The summed E-state index contributed by atoms with van der Waals surface area (Å²) in [5, 5.41) is 11.9. The van der Waals surface area contributed by atoms with E-state index < -0.39 is 23.9 Å². The van der Waals surface area contributed by atoms with Crippen molar-refractivity contribution >= 4 is 11.7 Å². The SMILES string of the molecule is CCCOc1ccc(C(F)(F)F)cc1NC(=O)N1CC[C@@H](O)C1. The van der Waals surface area contributed by atoms with Gasteiger partial charge in [-0.05, 0) is 31.0 Å². The number of alkyl halides is 3. The fourth-order valence-corrected chi connectivity index (χ4v) is 2.26. The summed E-state index contributed by atoms with van der Waals surface area (Å²) in [6.07, 6.45) is -3.97. The zero-order valence-electron chi connectivity index (χ0n) is 12.7. The van der Waals surface area contributed by atoms with Gasteiger partial charge in [0.25, 0.3) is 0 Å². The maximum absolute atomic E-state index is 12.8. The number of hydrogen-bond acceptors (Lipinski definition) is 3. The van der Waals surface area contributed by atoms with E-state index in [1.165, 1.54) is 11.0 Å². The first-order valence-corrected chi connectivity index (χ1v) is 7.39. The van der Waals surface area contributed by atoms with Crippen LogP contribution in [-0.4, -0.2) is 41.8 Å². The van der Waals surface area contributed by atoms with E-state index in [1.54, 1.807) is 0 Å². The van der Waals surface area contributed by atoms with Gasteiger partial charge >= 0.3 is 12.2 Å². The molecule has 0 unspecified atom stereocenters. The Bertz CT molecular complexity index is 563. The van der Waals surface area contributed by atoms with E-state index in [1.807, 2.05) is 6.92 Å². The van der Waals surface area contributed by atoms with Gasteiger partial charge in [-0.1, -0.05) is 6.92 Å². The van der Waals surface area contributed by atoms with Crippen molar-refractivity contribution < 1.29 is 27.8 Å². The highest BCUT2D eigenvalue weighted by molar-refractivity contribution is 5.91. The monoisotopic (exact) mass is 332 g/mol. The minimum atomic E-state index is -4.51. The number of halogens is 3. The molecule has 5 nitrogen and oxygen atoms in total. The fraction of sp³-hybridized carbons (Fsp3) is 0.533. The van der Waals surface area contributed by atoms with Gasteiger partial charge in [0.05, 0.1) is 24.0 Å². The molecule has 0 spiro atoms. The normalized spacial score (nSPS) is 18.1. The smallest absolute Gasteiger partial charge is 0.416 e. The van der Waals surface area contributed by atoms with Gasteiger partial charge in [-0.15, -0.1) is 0 Å². The summed E-state index contributed by atoms with van der Waals surface area (Å²) in [4.78, 5) is 13.5. The second-order valence-corrected chi connectivity index (χ2v) is 5.38. The molecule has 1 aromatic carbocycles. The Balaban J connectivity index is 2.20. The lowest BCUT2D eigenvalue weighted by Crippen LogP contribution is -2.33. The van der Waals surface area contributed by atoms with E-state index in [-0.39, 0.29) is 18.0 Å². The summed E-state index contributed by atoms with van der Waals surface area (Å²) in [7, 11) is 0. The van der Waals surface area contributed by atoms with Crippen LogP contribution in [0.1, 0.15) is 25.3 Å². The van der Waals surface area contributed by atoms with Gasteiger partial charge in [0, 0.05) is 13.1 Å². The van der Waals surface area contributed by atoms with Crippen molar-refractivity contribution in [3.63, 3.8) is 0 Å². The zero-order valence-corrected chi connectivity index (χ0v) is 12.7. The van der Waals surface area contributed by atoms with Crippen LogP contribution in [0.25, 0.3) is 0 Å². The average Bonchev–Trinajstić information content (AvgIpc) is 2.91. The van der Waals surface area contributed by atoms with Gasteiger partial charge in [0.1, 0.15) is 5.75 Å². The standard InChI is InChI=1S/C15H19F3N2O3/c1-2-7-23-13-4-3-10(15(16,17)18)8-12(13)19-14(22)20-6-5-11(21)9-20/h3-4,8,11,21H,2,5-7,9H2,1H3,(H,19,22)/t11-/m1/s1. The summed E-state index contributed by atoms with van der Waals surface area (Å²) in [6, 6.07) is 2.42. The number of nitrogens with one attached hydrogen (secondary N) is 1. The Morgan fingerprint density at radius 2 is 2.22 bits per heavy atom. The molecule has 128 valence electrons. The largest absolute Gasteiger partial charge is 0.491 e. The van der Waals surface area contributed by atoms with Crippen LogP contribution in [0.2, 0.25) is 0 Å². The predicted octanol–water partition coefficient (Wildman–Crippen LogP) is 3.09. The number of benzene rings is 1. The maximum Gasteiger partial charge on any atom is 0.416 e. The molecular weight excluding hydrogens is 313 g/mol. The quantitative estimate of drug-likeness (QED) is 0.891. The molecule has 2 amide bonds. The van der Waals surface area contributed by atoms with Gasteiger partial charge < -0.3 is 20.1 Å². The number of likely N-dealkylation sites (tertiary alicyclic amines) is 1. The van der Waals surface area contributed by atoms with Crippen LogP contribution in [0.4, 0.5) is 23.7 Å². The number of aliphatic hydroxyl groups is 1. The van der Waals surface area contributed by atoms with Crippen molar-refractivity contribution in [1.29, 1.82) is 0 Å². The first-order valence-electron chi connectivity index (χ1n) is 7.39. The van der Waals surface area contributed by atoms with Crippen molar-refractivity contribution in [2.75, 3.05) is 25.0 Å². The second-order valence-electron chi connectivity index (χ2n) is 5.38. The molecule has 2 rings (SSSR count). The minimum absolute atomic E-state index is 0.0281. The maximum atomic E-state index is 12.8. The van der Waals surface area contributed by atoms with Gasteiger partial charge in [-0.3, -0.25) is 0 Å². The van der Waals surface area contributed by atoms with Crippen LogP contribution < -0.4 is 10.1 Å². The van der Waals surface area contributed by atoms with Gasteiger partial charge in [0.2, 0.25) is 0 Å². The third kappa shape index (κ3) is 4.51. The molecular formula is C15H19F3N2O3. The number of hydrogen-bond donors (Lipinski definition) is 2. The van der Waals surface area contributed by atoms with E-state index in [0.29, 0.717) is 26.0 Å². The number of urea groups is 1. The number of rotatable bonds is 4. The number of carbonyl (C=O) groups is 1. The Labute approximate surface area is 132 Å². The lowest BCUT2D eigenvalue weighted by molar-refractivity contribution is -0.137. The lowest BCUT2D eigenvalue weighted by atomic mass is 10.1. The highest BCUT2D eigenvalue weighted by Gasteiger charge is 2.32.